The number of anilines is 1. The van der Waals surface area contributed by atoms with Gasteiger partial charge in [-0.3, -0.25) is 0 Å². The number of oxazole rings is 1. The van der Waals surface area contributed by atoms with Gasteiger partial charge in [0, 0.05) is 19.6 Å². The summed E-state index contributed by atoms with van der Waals surface area (Å²) in [6, 6.07) is 1.12. The molecule has 1 aromatic heterocycles. The van der Waals surface area contributed by atoms with Crippen LogP contribution >= 0.6 is 0 Å². The lowest BCUT2D eigenvalue weighted by Crippen LogP contribution is -2.33. The summed E-state index contributed by atoms with van der Waals surface area (Å²) in [4.78, 5) is 6.60. The average Bonchev–Trinajstić information content (AvgIpc) is 2.75. The molecule has 1 atom stereocenters. The van der Waals surface area contributed by atoms with E-state index in [9.17, 15) is 0 Å². The number of hydrogen-bond donors (Lipinski definition) is 1. The summed E-state index contributed by atoms with van der Waals surface area (Å²) in [6.45, 7) is 12.8. The third-order valence-electron chi connectivity index (χ3n) is 3.28. The molecule has 4 nitrogen and oxygen atoms in total. The topological polar surface area (TPSA) is 41.3 Å². The van der Waals surface area contributed by atoms with E-state index in [1.165, 1.54) is 0 Å². The Kier molecular flexibility index (Phi) is 5.66. The van der Waals surface area contributed by atoms with Crippen molar-refractivity contribution in [2.45, 2.75) is 47.2 Å². The summed E-state index contributed by atoms with van der Waals surface area (Å²) in [5.74, 6) is 1.23. The van der Waals surface area contributed by atoms with Crippen LogP contribution in [-0.4, -0.2) is 24.6 Å². The predicted molar refractivity (Wildman–Crippen MR) is 75.8 cm³/mol. The predicted octanol–water partition coefficient (Wildman–Crippen LogP) is 2.90. The van der Waals surface area contributed by atoms with Gasteiger partial charge in [-0.25, -0.2) is 0 Å². The molecular formula is C14H27N3O. The lowest BCUT2D eigenvalue weighted by atomic mass is 10.1. The standard InChI is InChI=1S/C14H27N3O/c1-10(2)7-15-8-13-9-18-14(16-13)17(6)12(5)11(3)4/h9-12,15H,7-8H2,1-6H3. The Labute approximate surface area is 111 Å². The minimum absolute atomic E-state index is 0.417. The zero-order chi connectivity index (χ0) is 13.7. The van der Waals surface area contributed by atoms with E-state index in [4.69, 9.17) is 4.42 Å². The molecule has 1 N–H and O–H groups in total. The van der Waals surface area contributed by atoms with Crippen molar-refractivity contribution in [3.63, 3.8) is 0 Å². The highest BCUT2D eigenvalue weighted by molar-refractivity contribution is 5.27. The molecule has 1 heterocycles. The van der Waals surface area contributed by atoms with Crippen molar-refractivity contribution in [1.29, 1.82) is 0 Å². The van der Waals surface area contributed by atoms with E-state index in [1.807, 2.05) is 7.05 Å². The van der Waals surface area contributed by atoms with Crippen molar-refractivity contribution in [2.75, 3.05) is 18.5 Å². The lowest BCUT2D eigenvalue weighted by molar-refractivity contribution is 0.457. The average molecular weight is 253 g/mol. The summed E-state index contributed by atoms with van der Waals surface area (Å²) in [5, 5.41) is 3.36. The Morgan fingerprint density at radius 2 is 1.94 bits per heavy atom. The monoisotopic (exact) mass is 253 g/mol. The van der Waals surface area contributed by atoms with Crippen molar-refractivity contribution < 1.29 is 4.42 Å². The fourth-order valence-corrected chi connectivity index (χ4v) is 1.65. The fourth-order valence-electron chi connectivity index (χ4n) is 1.65. The van der Waals surface area contributed by atoms with Gasteiger partial charge in [0.1, 0.15) is 6.26 Å². The second kappa shape index (κ2) is 6.78. The number of nitrogens with zero attached hydrogens (tertiary/aromatic N) is 2. The van der Waals surface area contributed by atoms with Gasteiger partial charge >= 0.3 is 0 Å². The van der Waals surface area contributed by atoms with Crippen molar-refractivity contribution in [2.24, 2.45) is 11.8 Å². The molecule has 0 saturated carbocycles. The van der Waals surface area contributed by atoms with Crippen LogP contribution in [0.4, 0.5) is 6.01 Å². The number of aromatic nitrogens is 1. The third kappa shape index (κ3) is 4.33. The van der Waals surface area contributed by atoms with Crippen LogP contribution in [-0.2, 0) is 6.54 Å². The molecule has 104 valence electrons. The smallest absolute Gasteiger partial charge is 0.297 e. The maximum atomic E-state index is 5.53. The van der Waals surface area contributed by atoms with Gasteiger partial charge < -0.3 is 14.6 Å². The van der Waals surface area contributed by atoms with Gasteiger partial charge in [0.2, 0.25) is 0 Å². The highest BCUT2D eigenvalue weighted by Gasteiger charge is 2.17. The van der Waals surface area contributed by atoms with Crippen molar-refractivity contribution in [3.8, 4) is 0 Å². The van der Waals surface area contributed by atoms with Gasteiger partial charge in [-0.2, -0.15) is 4.98 Å². The number of hydrogen-bond acceptors (Lipinski definition) is 4. The molecule has 0 aliphatic rings. The molecule has 0 spiro atoms. The largest absolute Gasteiger partial charge is 0.432 e. The molecule has 0 aliphatic heterocycles. The molecule has 18 heavy (non-hydrogen) atoms. The fraction of sp³-hybridized carbons (Fsp3) is 0.786. The number of nitrogens with one attached hydrogen (secondary N) is 1. The quantitative estimate of drug-likeness (QED) is 0.811. The van der Waals surface area contributed by atoms with Crippen LogP contribution in [0.3, 0.4) is 0 Å². The second-order valence-corrected chi connectivity index (χ2v) is 5.74. The summed E-state index contributed by atoms with van der Waals surface area (Å²) in [5.41, 5.74) is 0.966. The molecule has 0 radical (unpaired) electrons. The number of rotatable bonds is 7. The van der Waals surface area contributed by atoms with E-state index < -0.39 is 0 Å². The van der Waals surface area contributed by atoms with Gasteiger partial charge in [-0.05, 0) is 25.3 Å². The summed E-state index contributed by atoms with van der Waals surface area (Å²) >= 11 is 0. The minimum Gasteiger partial charge on any atom is -0.432 e. The first-order chi connectivity index (χ1) is 8.41. The molecule has 0 aliphatic carbocycles. The molecular weight excluding hydrogens is 226 g/mol. The van der Waals surface area contributed by atoms with E-state index in [2.05, 4.69) is 49.8 Å². The Morgan fingerprint density at radius 3 is 2.50 bits per heavy atom. The van der Waals surface area contributed by atoms with E-state index in [-0.39, 0.29) is 0 Å². The lowest BCUT2D eigenvalue weighted by Gasteiger charge is -2.26. The van der Waals surface area contributed by atoms with Gasteiger partial charge in [0.05, 0.1) is 5.69 Å². The van der Waals surface area contributed by atoms with E-state index >= 15 is 0 Å². The molecule has 1 unspecified atom stereocenters. The first-order valence-corrected chi connectivity index (χ1v) is 6.79. The van der Waals surface area contributed by atoms with Gasteiger partial charge in [0.25, 0.3) is 6.01 Å². The highest BCUT2D eigenvalue weighted by Crippen LogP contribution is 2.18. The van der Waals surface area contributed by atoms with E-state index in [1.54, 1.807) is 6.26 Å². The molecule has 1 rings (SSSR count). The van der Waals surface area contributed by atoms with Crippen LogP contribution in [0.5, 0.6) is 0 Å². The summed E-state index contributed by atoms with van der Waals surface area (Å²) in [6.07, 6.45) is 1.74. The van der Waals surface area contributed by atoms with Crippen molar-refractivity contribution in [1.82, 2.24) is 10.3 Å². The molecule has 0 fully saturated rings. The molecule has 0 bridgehead atoms. The SMILES string of the molecule is CC(C)CNCc1coc(N(C)C(C)C(C)C)n1. The first kappa shape index (κ1) is 15.0. The van der Waals surface area contributed by atoms with Gasteiger partial charge in [-0.15, -0.1) is 0 Å². The molecule has 0 amide bonds. The van der Waals surface area contributed by atoms with Crippen LogP contribution in [0.15, 0.2) is 10.7 Å². The Bertz CT molecular complexity index is 347. The van der Waals surface area contributed by atoms with Crippen LogP contribution in [0.1, 0.15) is 40.3 Å². The minimum atomic E-state index is 0.417. The van der Waals surface area contributed by atoms with Crippen LogP contribution < -0.4 is 10.2 Å². The van der Waals surface area contributed by atoms with Crippen molar-refractivity contribution in [3.05, 3.63) is 12.0 Å². The summed E-state index contributed by atoms with van der Waals surface area (Å²) < 4.78 is 5.53. The molecule has 1 aromatic rings. The maximum Gasteiger partial charge on any atom is 0.297 e. The zero-order valence-corrected chi connectivity index (χ0v) is 12.5. The van der Waals surface area contributed by atoms with Crippen LogP contribution in [0, 0.1) is 11.8 Å². The van der Waals surface area contributed by atoms with Crippen LogP contribution in [0.25, 0.3) is 0 Å². The summed E-state index contributed by atoms with van der Waals surface area (Å²) in [7, 11) is 2.03. The molecule has 4 heteroatoms. The van der Waals surface area contributed by atoms with E-state index in [0.29, 0.717) is 23.9 Å². The Hall–Kier alpha value is -1.03. The molecule has 0 saturated heterocycles. The Balaban J connectivity index is 2.52. The van der Waals surface area contributed by atoms with Crippen molar-refractivity contribution >= 4 is 6.01 Å². The zero-order valence-electron chi connectivity index (χ0n) is 12.5. The highest BCUT2D eigenvalue weighted by atomic mass is 16.4. The van der Waals surface area contributed by atoms with E-state index in [0.717, 1.165) is 18.8 Å². The Morgan fingerprint density at radius 1 is 1.28 bits per heavy atom. The normalized spacial score (nSPS) is 13.3. The molecule has 0 aromatic carbocycles. The second-order valence-electron chi connectivity index (χ2n) is 5.74. The maximum absolute atomic E-state index is 5.53. The first-order valence-electron chi connectivity index (χ1n) is 6.79. The van der Waals surface area contributed by atoms with Gasteiger partial charge in [-0.1, -0.05) is 27.7 Å². The van der Waals surface area contributed by atoms with Gasteiger partial charge in [0.15, 0.2) is 0 Å². The third-order valence-corrected chi connectivity index (χ3v) is 3.28. The van der Waals surface area contributed by atoms with Crippen LogP contribution in [0.2, 0.25) is 0 Å².